The third-order valence-corrected chi connectivity index (χ3v) is 4.08. The van der Waals surface area contributed by atoms with Crippen LogP contribution in [0.25, 0.3) is 0 Å². The van der Waals surface area contributed by atoms with Gasteiger partial charge in [-0.3, -0.25) is 4.79 Å². The number of rotatable bonds is 5. The Balaban J connectivity index is 5.52. The second-order valence-corrected chi connectivity index (χ2v) is 8.53. The fourth-order valence-corrected chi connectivity index (χ4v) is 2.79. The Labute approximate surface area is 120 Å². The number of carbonyl (C=O) groups excluding carboxylic acids is 1. The normalized spacial score (nSPS) is 14.3. The van der Waals surface area contributed by atoms with E-state index in [1.165, 1.54) is 0 Å². The van der Waals surface area contributed by atoms with Crippen molar-refractivity contribution in [1.29, 1.82) is 0 Å². The highest BCUT2D eigenvalue weighted by atomic mass is 16.1. The van der Waals surface area contributed by atoms with Crippen molar-refractivity contribution in [3.63, 3.8) is 0 Å². The second-order valence-electron chi connectivity index (χ2n) is 8.53. The third-order valence-electron chi connectivity index (χ3n) is 4.08. The molecule has 0 fully saturated rings. The molecule has 0 spiro atoms. The number of nitrogens with one attached hydrogen (secondary N) is 1. The topological polar surface area (TPSA) is 29.1 Å². The van der Waals surface area contributed by atoms with Crippen LogP contribution < -0.4 is 5.32 Å². The predicted molar refractivity (Wildman–Crippen MR) is 84.3 cm³/mol. The van der Waals surface area contributed by atoms with Crippen LogP contribution in [-0.2, 0) is 4.79 Å². The molecular formula is C17H35NO. The highest BCUT2D eigenvalue weighted by Crippen LogP contribution is 2.42. The van der Waals surface area contributed by atoms with Crippen molar-refractivity contribution < 1.29 is 4.79 Å². The summed E-state index contributed by atoms with van der Waals surface area (Å²) in [6.07, 6.45) is 0. The first-order valence-electron chi connectivity index (χ1n) is 7.55. The summed E-state index contributed by atoms with van der Waals surface area (Å²) >= 11 is 0. The number of ketones is 1. The van der Waals surface area contributed by atoms with Crippen LogP contribution in [0.5, 0.6) is 0 Å². The molecule has 0 aromatic heterocycles. The molecule has 2 nitrogen and oxygen atoms in total. The Hall–Kier alpha value is -0.370. The summed E-state index contributed by atoms with van der Waals surface area (Å²) in [6, 6.07) is 0. The summed E-state index contributed by atoms with van der Waals surface area (Å²) < 4.78 is 0. The van der Waals surface area contributed by atoms with Gasteiger partial charge in [-0.05, 0) is 32.6 Å². The number of Topliss-reactive ketones (excluding diaryl/α,β-unsaturated/α-hetero) is 1. The first-order valence-corrected chi connectivity index (χ1v) is 7.55. The van der Waals surface area contributed by atoms with Gasteiger partial charge in [0.25, 0.3) is 0 Å². The fourth-order valence-electron chi connectivity index (χ4n) is 2.79. The average Bonchev–Trinajstić information content (AvgIpc) is 2.13. The van der Waals surface area contributed by atoms with Gasteiger partial charge in [0.05, 0.1) is 0 Å². The lowest BCUT2D eigenvalue weighted by molar-refractivity contribution is -0.143. The van der Waals surface area contributed by atoms with Crippen LogP contribution in [0.15, 0.2) is 0 Å². The van der Waals surface area contributed by atoms with Gasteiger partial charge >= 0.3 is 0 Å². The molecule has 0 atom stereocenters. The van der Waals surface area contributed by atoms with Crippen LogP contribution in [0.2, 0.25) is 0 Å². The maximum Gasteiger partial charge on any atom is 0.146 e. The maximum atomic E-state index is 13.0. The van der Waals surface area contributed by atoms with Gasteiger partial charge in [-0.25, -0.2) is 0 Å². The van der Waals surface area contributed by atoms with Crippen LogP contribution >= 0.6 is 0 Å². The Morgan fingerprint density at radius 2 is 1.26 bits per heavy atom. The molecular weight excluding hydrogens is 234 g/mol. The second kappa shape index (κ2) is 5.95. The van der Waals surface area contributed by atoms with E-state index in [2.05, 4.69) is 53.8 Å². The largest absolute Gasteiger partial charge is 0.311 e. The summed E-state index contributed by atoms with van der Waals surface area (Å²) in [5, 5.41) is 3.56. The lowest BCUT2D eigenvalue weighted by Crippen LogP contribution is -2.55. The number of hydrogen-bond acceptors (Lipinski definition) is 2. The molecule has 19 heavy (non-hydrogen) atoms. The lowest BCUT2D eigenvalue weighted by Gasteiger charge is -2.45. The monoisotopic (exact) mass is 269 g/mol. The van der Waals surface area contributed by atoms with Crippen molar-refractivity contribution in [2.24, 2.45) is 22.7 Å². The average molecular weight is 269 g/mol. The van der Waals surface area contributed by atoms with Crippen LogP contribution in [0.1, 0.15) is 69.2 Å². The number of carbonyl (C=O) groups is 1. The van der Waals surface area contributed by atoms with E-state index >= 15 is 0 Å². The first kappa shape index (κ1) is 18.6. The highest BCUT2D eigenvalue weighted by molar-refractivity contribution is 5.90. The molecule has 0 saturated heterocycles. The van der Waals surface area contributed by atoms with E-state index < -0.39 is 0 Å². The van der Waals surface area contributed by atoms with Gasteiger partial charge in [0.2, 0.25) is 0 Å². The SMILES string of the molecule is CC(C)C(CNC(C)(C)C)(C(=O)C(C)(C)C)C(C)C. The van der Waals surface area contributed by atoms with Crippen LogP contribution in [0.4, 0.5) is 0 Å². The minimum Gasteiger partial charge on any atom is -0.311 e. The molecule has 1 N–H and O–H groups in total. The van der Waals surface area contributed by atoms with E-state index in [0.29, 0.717) is 17.6 Å². The zero-order valence-corrected chi connectivity index (χ0v) is 14.8. The Morgan fingerprint density at radius 1 is 0.895 bits per heavy atom. The summed E-state index contributed by atoms with van der Waals surface area (Å²) in [7, 11) is 0. The molecule has 0 unspecified atom stereocenters. The zero-order valence-electron chi connectivity index (χ0n) is 14.8. The van der Waals surface area contributed by atoms with Crippen LogP contribution in [-0.4, -0.2) is 17.9 Å². The Kier molecular flexibility index (Phi) is 5.83. The molecule has 0 rings (SSSR count). The van der Waals surface area contributed by atoms with Crippen molar-refractivity contribution in [3.8, 4) is 0 Å². The molecule has 0 amide bonds. The first-order chi connectivity index (χ1) is 8.25. The molecule has 0 radical (unpaired) electrons. The summed E-state index contributed by atoms with van der Waals surface area (Å²) in [5.74, 6) is 1.03. The summed E-state index contributed by atoms with van der Waals surface area (Å²) in [4.78, 5) is 13.0. The van der Waals surface area contributed by atoms with Crippen molar-refractivity contribution in [3.05, 3.63) is 0 Å². The quantitative estimate of drug-likeness (QED) is 0.806. The van der Waals surface area contributed by atoms with E-state index in [1.807, 2.05) is 20.8 Å². The van der Waals surface area contributed by atoms with Gasteiger partial charge in [-0.2, -0.15) is 0 Å². The van der Waals surface area contributed by atoms with E-state index in [9.17, 15) is 4.79 Å². The van der Waals surface area contributed by atoms with E-state index in [1.54, 1.807) is 0 Å². The molecule has 0 aromatic carbocycles. The molecule has 2 heteroatoms. The third kappa shape index (κ3) is 4.59. The molecule has 0 heterocycles. The lowest BCUT2D eigenvalue weighted by atomic mass is 9.60. The Bertz CT molecular complexity index is 294. The van der Waals surface area contributed by atoms with Crippen molar-refractivity contribution in [2.45, 2.75) is 74.8 Å². The number of hydrogen-bond donors (Lipinski definition) is 1. The minimum atomic E-state index is -0.300. The minimum absolute atomic E-state index is 0.0349. The van der Waals surface area contributed by atoms with Gasteiger partial charge in [-0.15, -0.1) is 0 Å². The van der Waals surface area contributed by atoms with Gasteiger partial charge < -0.3 is 5.32 Å². The standard InChI is InChI=1S/C17H35NO/c1-12(2)17(13(3)4,11-18-16(8,9)10)14(19)15(5,6)7/h12-13,18H,11H2,1-10H3. The van der Waals surface area contributed by atoms with Gasteiger partial charge in [0, 0.05) is 22.9 Å². The van der Waals surface area contributed by atoms with Crippen molar-refractivity contribution in [2.75, 3.05) is 6.54 Å². The molecule has 0 aliphatic rings. The molecule has 0 aliphatic heterocycles. The van der Waals surface area contributed by atoms with E-state index in [-0.39, 0.29) is 16.4 Å². The summed E-state index contributed by atoms with van der Waals surface area (Å²) in [6.45, 7) is 22.0. The van der Waals surface area contributed by atoms with Crippen molar-refractivity contribution in [1.82, 2.24) is 5.32 Å². The molecule has 0 aromatic rings. The van der Waals surface area contributed by atoms with E-state index in [4.69, 9.17) is 0 Å². The molecule has 0 aliphatic carbocycles. The van der Waals surface area contributed by atoms with Crippen molar-refractivity contribution >= 4 is 5.78 Å². The zero-order chi connectivity index (χ0) is 15.6. The molecule has 0 saturated carbocycles. The smallest absolute Gasteiger partial charge is 0.146 e. The van der Waals surface area contributed by atoms with E-state index in [0.717, 1.165) is 6.54 Å². The van der Waals surface area contributed by atoms with Crippen LogP contribution in [0.3, 0.4) is 0 Å². The summed E-state index contributed by atoms with van der Waals surface area (Å²) in [5.41, 5.74) is -0.563. The molecule has 114 valence electrons. The molecule has 0 bridgehead atoms. The highest BCUT2D eigenvalue weighted by Gasteiger charge is 2.48. The van der Waals surface area contributed by atoms with Gasteiger partial charge in [0.1, 0.15) is 5.78 Å². The predicted octanol–water partition coefficient (Wildman–Crippen LogP) is 4.29. The maximum absolute atomic E-state index is 13.0. The fraction of sp³-hybridized carbons (Fsp3) is 0.941. The van der Waals surface area contributed by atoms with Gasteiger partial charge in [-0.1, -0.05) is 48.5 Å². The van der Waals surface area contributed by atoms with Gasteiger partial charge in [0.15, 0.2) is 0 Å². The van der Waals surface area contributed by atoms with Crippen LogP contribution in [0, 0.1) is 22.7 Å². The Morgan fingerprint density at radius 3 is 1.47 bits per heavy atom.